The zero-order valence-electron chi connectivity index (χ0n) is 18.2. The molecule has 168 valence electrons. The third-order valence-corrected chi connectivity index (χ3v) is 6.36. The third-order valence-electron chi connectivity index (χ3n) is 6.01. The molecule has 0 radical (unpaired) electrons. The maximum atomic E-state index is 14.6. The summed E-state index contributed by atoms with van der Waals surface area (Å²) in [6.45, 7) is 3.14. The van der Waals surface area contributed by atoms with Crippen LogP contribution in [0.15, 0.2) is 66.7 Å². The minimum Gasteiger partial charge on any atom is -0.492 e. The van der Waals surface area contributed by atoms with Gasteiger partial charge in [-0.25, -0.2) is 9.37 Å². The standard InChI is InChI=1S/C26H23ClFN3O2/c1-2-33-24-13-6-5-12-23(24)30-15-17(14-25(30)32)26-29-21-10-3-4-11-22(21)31(26)16-18-19(27)8-7-9-20(18)28/h3-13,17H,2,14-16H2,1H3/t17-/m0/s1. The lowest BCUT2D eigenvalue weighted by molar-refractivity contribution is -0.117. The van der Waals surface area contributed by atoms with Crippen LogP contribution < -0.4 is 9.64 Å². The van der Waals surface area contributed by atoms with Gasteiger partial charge in [-0.3, -0.25) is 4.79 Å². The Morgan fingerprint density at radius 1 is 1.09 bits per heavy atom. The molecule has 0 bridgehead atoms. The van der Waals surface area contributed by atoms with Gasteiger partial charge in [0.25, 0.3) is 0 Å². The highest BCUT2D eigenvalue weighted by molar-refractivity contribution is 6.31. The van der Waals surface area contributed by atoms with Crippen LogP contribution in [0.4, 0.5) is 10.1 Å². The number of carbonyl (C=O) groups is 1. The van der Waals surface area contributed by atoms with E-state index in [0.717, 1.165) is 22.5 Å². The molecular weight excluding hydrogens is 441 g/mol. The summed E-state index contributed by atoms with van der Waals surface area (Å²) in [5, 5.41) is 0.369. The molecule has 1 aromatic heterocycles. The first-order valence-corrected chi connectivity index (χ1v) is 11.3. The zero-order chi connectivity index (χ0) is 22.9. The number of anilines is 1. The van der Waals surface area contributed by atoms with Crippen molar-refractivity contribution in [3.8, 4) is 5.75 Å². The van der Waals surface area contributed by atoms with Crippen LogP contribution in [0.25, 0.3) is 11.0 Å². The van der Waals surface area contributed by atoms with Crippen molar-refractivity contribution in [3.63, 3.8) is 0 Å². The highest BCUT2D eigenvalue weighted by Crippen LogP contribution is 2.37. The summed E-state index contributed by atoms with van der Waals surface area (Å²) >= 11 is 6.33. The lowest BCUT2D eigenvalue weighted by Gasteiger charge is -2.20. The smallest absolute Gasteiger partial charge is 0.227 e. The van der Waals surface area contributed by atoms with Crippen molar-refractivity contribution in [1.29, 1.82) is 0 Å². The van der Waals surface area contributed by atoms with Crippen LogP contribution in [0, 0.1) is 5.82 Å². The predicted octanol–water partition coefficient (Wildman–Crippen LogP) is 5.80. The number of fused-ring (bicyclic) bond motifs is 1. The first kappa shape index (κ1) is 21.5. The molecule has 0 unspecified atom stereocenters. The minimum absolute atomic E-state index is 0.00897. The molecule has 1 saturated heterocycles. The van der Waals surface area contributed by atoms with Gasteiger partial charge in [-0.05, 0) is 43.3 Å². The second-order valence-electron chi connectivity index (χ2n) is 8.05. The highest BCUT2D eigenvalue weighted by Gasteiger charge is 2.36. The van der Waals surface area contributed by atoms with Crippen LogP contribution in [-0.2, 0) is 11.3 Å². The minimum atomic E-state index is -0.360. The monoisotopic (exact) mass is 463 g/mol. The molecule has 1 aliphatic heterocycles. The Hall–Kier alpha value is -3.38. The molecule has 1 fully saturated rings. The van der Waals surface area contributed by atoms with Crippen LogP contribution in [-0.4, -0.2) is 28.6 Å². The van der Waals surface area contributed by atoms with Crippen molar-refractivity contribution in [1.82, 2.24) is 9.55 Å². The maximum Gasteiger partial charge on any atom is 0.227 e. The summed E-state index contributed by atoms with van der Waals surface area (Å²) in [6.07, 6.45) is 0.314. The Morgan fingerprint density at radius 3 is 2.70 bits per heavy atom. The molecule has 5 nitrogen and oxygen atoms in total. The second kappa shape index (κ2) is 8.87. The van der Waals surface area contributed by atoms with E-state index in [2.05, 4.69) is 0 Å². The highest BCUT2D eigenvalue weighted by atomic mass is 35.5. The fourth-order valence-electron chi connectivity index (χ4n) is 4.48. The molecule has 0 spiro atoms. The first-order valence-electron chi connectivity index (χ1n) is 11.0. The second-order valence-corrected chi connectivity index (χ2v) is 8.46. The van der Waals surface area contributed by atoms with Gasteiger partial charge in [-0.2, -0.15) is 0 Å². The van der Waals surface area contributed by atoms with Gasteiger partial charge in [0.15, 0.2) is 0 Å². The van der Waals surface area contributed by atoms with E-state index in [1.807, 2.05) is 60.0 Å². The van der Waals surface area contributed by atoms with E-state index >= 15 is 0 Å². The van der Waals surface area contributed by atoms with Gasteiger partial charge in [0.05, 0.1) is 29.9 Å². The van der Waals surface area contributed by atoms with Gasteiger partial charge in [0, 0.05) is 29.5 Å². The number of hydrogen-bond acceptors (Lipinski definition) is 3. The van der Waals surface area contributed by atoms with E-state index in [4.69, 9.17) is 21.3 Å². The van der Waals surface area contributed by atoms with Crippen molar-refractivity contribution in [2.45, 2.75) is 25.8 Å². The molecule has 0 saturated carbocycles. The molecule has 5 rings (SSSR count). The largest absolute Gasteiger partial charge is 0.492 e. The van der Waals surface area contributed by atoms with Gasteiger partial charge >= 0.3 is 0 Å². The van der Waals surface area contributed by atoms with Crippen molar-refractivity contribution < 1.29 is 13.9 Å². The predicted molar refractivity (Wildman–Crippen MR) is 128 cm³/mol. The Morgan fingerprint density at radius 2 is 1.88 bits per heavy atom. The van der Waals surface area contributed by atoms with Crippen molar-refractivity contribution in [2.75, 3.05) is 18.1 Å². The zero-order valence-corrected chi connectivity index (χ0v) is 18.9. The number of hydrogen-bond donors (Lipinski definition) is 0. The van der Waals surface area contributed by atoms with Crippen molar-refractivity contribution in [2.24, 2.45) is 0 Å². The summed E-state index contributed by atoms with van der Waals surface area (Å²) in [6, 6.07) is 20.0. The number of para-hydroxylation sites is 4. The molecule has 4 aromatic rings. The number of amides is 1. The normalized spacial score (nSPS) is 16.0. The summed E-state index contributed by atoms with van der Waals surface area (Å²) in [5.41, 5.74) is 2.85. The lowest BCUT2D eigenvalue weighted by Crippen LogP contribution is -2.25. The molecule has 7 heteroatoms. The van der Waals surface area contributed by atoms with Crippen LogP contribution in [0.2, 0.25) is 5.02 Å². The van der Waals surface area contributed by atoms with Crippen molar-refractivity contribution >= 4 is 34.2 Å². The number of rotatable bonds is 6. The fraction of sp³-hybridized carbons (Fsp3) is 0.231. The third kappa shape index (κ3) is 3.95. The lowest BCUT2D eigenvalue weighted by atomic mass is 10.1. The molecule has 1 amide bonds. The van der Waals surface area contributed by atoms with E-state index in [1.165, 1.54) is 6.07 Å². The number of imidazole rings is 1. The molecule has 33 heavy (non-hydrogen) atoms. The van der Waals surface area contributed by atoms with Gasteiger partial charge in [-0.15, -0.1) is 0 Å². The number of nitrogens with zero attached hydrogens (tertiary/aromatic N) is 3. The summed E-state index contributed by atoms with van der Waals surface area (Å²) in [4.78, 5) is 19.7. The summed E-state index contributed by atoms with van der Waals surface area (Å²) < 4.78 is 22.3. The molecule has 2 heterocycles. The molecule has 0 N–H and O–H groups in total. The fourth-order valence-corrected chi connectivity index (χ4v) is 4.71. The van der Waals surface area contributed by atoms with E-state index in [1.54, 1.807) is 17.0 Å². The van der Waals surface area contributed by atoms with Crippen molar-refractivity contribution in [3.05, 3.63) is 89.0 Å². The van der Waals surface area contributed by atoms with Gasteiger partial charge in [-0.1, -0.05) is 41.9 Å². The van der Waals surface area contributed by atoms with Crippen LogP contribution in [0.3, 0.4) is 0 Å². The number of ether oxygens (including phenoxy) is 1. The van der Waals surface area contributed by atoms with E-state index < -0.39 is 0 Å². The van der Waals surface area contributed by atoms with Crippen LogP contribution >= 0.6 is 11.6 Å². The summed E-state index contributed by atoms with van der Waals surface area (Å²) in [5.74, 6) is 0.932. The van der Waals surface area contributed by atoms with Crippen LogP contribution in [0.1, 0.15) is 30.7 Å². The molecule has 3 aromatic carbocycles. The number of halogens is 2. The van der Waals surface area contributed by atoms with Gasteiger partial charge in [0.1, 0.15) is 17.4 Å². The van der Waals surface area contributed by atoms with Gasteiger partial charge < -0.3 is 14.2 Å². The Kier molecular flexibility index (Phi) is 5.77. The van der Waals surface area contributed by atoms with E-state index in [-0.39, 0.29) is 24.2 Å². The Bertz CT molecular complexity index is 1320. The quantitative estimate of drug-likeness (QED) is 0.363. The topological polar surface area (TPSA) is 47.4 Å². The van der Waals surface area contributed by atoms with E-state index in [0.29, 0.717) is 35.9 Å². The van der Waals surface area contributed by atoms with E-state index in [9.17, 15) is 9.18 Å². The number of aromatic nitrogens is 2. The number of benzene rings is 3. The van der Waals surface area contributed by atoms with Gasteiger partial charge in [0.2, 0.25) is 5.91 Å². The molecule has 1 aliphatic rings. The maximum absolute atomic E-state index is 14.6. The first-order chi connectivity index (χ1) is 16.1. The average Bonchev–Trinajstić information content (AvgIpc) is 3.37. The average molecular weight is 464 g/mol. The SMILES string of the molecule is CCOc1ccccc1N1C[C@@H](c2nc3ccccc3n2Cc2c(F)cccc2Cl)CC1=O. The Balaban J connectivity index is 1.55. The Labute approximate surface area is 196 Å². The van der Waals surface area contributed by atoms with Crippen LogP contribution in [0.5, 0.6) is 5.75 Å². The molecule has 0 aliphatic carbocycles. The summed E-state index contributed by atoms with van der Waals surface area (Å²) in [7, 11) is 0. The molecule has 1 atom stereocenters. The number of carbonyl (C=O) groups excluding carboxylic acids is 1. The molecular formula is C26H23ClFN3O2.